The van der Waals surface area contributed by atoms with Gasteiger partial charge in [0.15, 0.2) is 0 Å². The second-order valence-corrected chi connectivity index (χ2v) is 5.45. The third-order valence-corrected chi connectivity index (χ3v) is 3.73. The second-order valence-electron chi connectivity index (χ2n) is 5.45. The maximum atomic E-state index is 11.6. The van der Waals surface area contributed by atoms with E-state index in [4.69, 9.17) is 10.5 Å². The van der Waals surface area contributed by atoms with Gasteiger partial charge in [0.05, 0.1) is 6.61 Å². The predicted molar refractivity (Wildman–Crippen MR) is 68.7 cm³/mol. The fourth-order valence-corrected chi connectivity index (χ4v) is 1.95. The first kappa shape index (κ1) is 14.5. The molecule has 1 rings (SSSR count). The summed E-state index contributed by atoms with van der Waals surface area (Å²) in [5.41, 5.74) is 5.12. The minimum atomic E-state index is -0.868. The lowest BCUT2D eigenvalue weighted by Gasteiger charge is -2.29. The van der Waals surface area contributed by atoms with Crippen molar-refractivity contribution < 1.29 is 9.53 Å². The van der Waals surface area contributed by atoms with Crippen LogP contribution in [0.5, 0.6) is 0 Å². The fraction of sp³-hybridized carbons (Fsp3) is 0.923. The standard InChI is InChI=1S/C13H26N2O2/c1-5-17-12(16)13(3,14)8-9-15(4)10(2)11-6-7-11/h10-11H,5-9,14H2,1-4H3. The molecule has 0 spiro atoms. The number of carbonyl (C=O) groups excluding carboxylic acids is 1. The molecular weight excluding hydrogens is 216 g/mol. The first-order valence-electron chi connectivity index (χ1n) is 6.55. The number of rotatable bonds is 7. The average Bonchev–Trinajstić information content (AvgIpc) is 3.09. The molecule has 1 aliphatic rings. The van der Waals surface area contributed by atoms with Crippen LogP contribution in [0.1, 0.15) is 40.0 Å². The van der Waals surface area contributed by atoms with Crippen molar-refractivity contribution in [1.82, 2.24) is 4.90 Å². The highest BCUT2D eigenvalue weighted by atomic mass is 16.5. The molecular formula is C13H26N2O2. The Labute approximate surface area is 104 Å². The van der Waals surface area contributed by atoms with Crippen LogP contribution in [0.25, 0.3) is 0 Å². The van der Waals surface area contributed by atoms with Gasteiger partial charge in [-0.3, -0.25) is 4.79 Å². The van der Waals surface area contributed by atoms with E-state index in [1.165, 1.54) is 12.8 Å². The van der Waals surface area contributed by atoms with E-state index in [-0.39, 0.29) is 5.97 Å². The van der Waals surface area contributed by atoms with Gasteiger partial charge in [-0.2, -0.15) is 0 Å². The van der Waals surface area contributed by atoms with E-state index in [0.717, 1.165) is 12.5 Å². The fourth-order valence-electron chi connectivity index (χ4n) is 1.95. The van der Waals surface area contributed by atoms with Crippen molar-refractivity contribution in [2.75, 3.05) is 20.2 Å². The molecule has 0 aromatic rings. The van der Waals surface area contributed by atoms with Crippen molar-refractivity contribution in [1.29, 1.82) is 0 Å². The van der Waals surface area contributed by atoms with Crippen LogP contribution >= 0.6 is 0 Å². The van der Waals surface area contributed by atoms with Crippen LogP contribution in [0.4, 0.5) is 0 Å². The maximum Gasteiger partial charge on any atom is 0.325 e. The molecule has 1 aliphatic carbocycles. The molecule has 0 bridgehead atoms. The number of hydrogen-bond acceptors (Lipinski definition) is 4. The summed E-state index contributed by atoms with van der Waals surface area (Å²) in [7, 11) is 2.10. The summed E-state index contributed by atoms with van der Waals surface area (Å²) in [6, 6.07) is 0.591. The molecule has 0 amide bonds. The van der Waals surface area contributed by atoms with Gasteiger partial charge in [0.2, 0.25) is 0 Å². The molecule has 17 heavy (non-hydrogen) atoms. The van der Waals surface area contributed by atoms with Crippen LogP contribution in [0.3, 0.4) is 0 Å². The highest BCUT2D eigenvalue weighted by Crippen LogP contribution is 2.34. The van der Waals surface area contributed by atoms with Crippen LogP contribution in [0.15, 0.2) is 0 Å². The number of esters is 1. The third-order valence-electron chi connectivity index (χ3n) is 3.73. The van der Waals surface area contributed by atoms with Gasteiger partial charge in [-0.05, 0) is 53.0 Å². The maximum absolute atomic E-state index is 11.6. The van der Waals surface area contributed by atoms with E-state index in [2.05, 4.69) is 18.9 Å². The lowest BCUT2D eigenvalue weighted by Crippen LogP contribution is -2.49. The van der Waals surface area contributed by atoms with Gasteiger partial charge >= 0.3 is 5.97 Å². The van der Waals surface area contributed by atoms with Gasteiger partial charge in [0.1, 0.15) is 5.54 Å². The van der Waals surface area contributed by atoms with Crippen molar-refractivity contribution in [2.24, 2.45) is 11.7 Å². The highest BCUT2D eigenvalue weighted by Gasteiger charge is 2.33. The van der Waals surface area contributed by atoms with Gasteiger partial charge in [0.25, 0.3) is 0 Å². The lowest BCUT2D eigenvalue weighted by atomic mass is 9.99. The predicted octanol–water partition coefficient (Wildman–Crippen LogP) is 1.39. The molecule has 2 atom stereocenters. The normalized spacial score (nSPS) is 21.1. The number of ether oxygens (including phenoxy) is 1. The Kier molecular flexibility index (Phi) is 4.95. The van der Waals surface area contributed by atoms with Gasteiger partial charge in [-0.25, -0.2) is 0 Å². The van der Waals surface area contributed by atoms with Crippen LogP contribution in [-0.2, 0) is 9.53 Å². The van der Waals surface area contributed by atoms with E-state index in [1.807, 2.05) is 0 Å². The summed E-state index contributed by atoms with van der Waals surface area (Å²) < 4.78 is 4.98. The third kappa shape index (κ3) is 4.28. The molecule has 0 saturated heterocycles. The molecule has 100 valence electrons. The number of nitrogens with two attached hydrogens (primary N) is 1. The smallest absolute Gasteiger partial charge is 0.325 e. The lowest BCUT2D eigenvalue weighted by molar-refractivity contribution is -0.149. The monoisotopic (exact) mass is 242 g/mol. The summed E-state index contributed by atoms with van der Waals surface area (Å²) >= 11 is 0. The van der Waals surface area contributed by atoms with Crippen molar-refractivity contribution >= 4 is 5.97 Å². The Bertz CT molecular complexity index is 262. The molecule has 4 nitrogen and oxygen atoms in total. The molecule has 2 N–H and O–H groups in total. The summed E-state index contributed by atoms with van der Waals surface area (Å²) in [5.74, 6) is 0.541. The SMILES string of the molecule is CCOC(=O)C(C)(N)CCN(C)C(C)C1CC1. The van der Waals surface area contributed by atoms with Gasteiger partial charge in [-0.15, -0.1) is 0 Å². The second kappa shape index (κ2) is 5.83. The number of carbonyl (C=O) groups is 1. The molecule has 0 heterocycles. The van der Waals surface area contributed by atoms with Gasteiger partial charge in [-0.1, -0.05) is 0 Å². The van der Waals surface area contributed by atoms with E-state index < -0.39 is 5.54 Å². The molecule has 0 aliphatic heterocycles. The molecule has 1 fully saturated rings. The molecule has 0 aromatic heterocycles. The Morgan fingerprint density at radius 3 is 2.65 bits per heavy atom. The molecule has 1 saturated carbocycles. The van der Waals surface area contributed by atoms with Crippen LogP contribution < -0.4 is 5.73 Å². The number of hydrogen-bond donors (Lipinski definition) is 1. The average molecular weight is 242 g/mol. The van der Waals surface area contributed by atoms with Crippen LogP contribution in [0.2, 0.25) is 0 Å². The number of nitrogens with zero attached hydrogens (tertiary/aromatic N) is 1. The van der Waals surface area contributed by atoms with Gasteiger partial charge in [0, 0.05) is 12.6 Å². The summed E-state index contributed by atoms with van der Waals surface area (Å²) in [6.07, 6.45) is 3.31. The quantitative estimate of drug-likeness (QED) is 0.685. The minimum absolute atomic E-state index is 0.299. The van der Waals surface area contributed by atoms with E-state index in [0.29, 0.717) is 19.1 Å². The topological polar surface area (TPSA) is 55.6 Å². The zero-order chi connectivity index (χ0) is 13.1. The summed E-state index contributed by atoms with van der Waals surface area (Å²) in [6.45, 7) is 7.02. The van der Waals surface area contributed by atoms with E-state index in [1.54, 1.807) is 13.8 Å². The largest absolute Gasteiger partial charge is 0.465 e. The van der Waals surface area contributed by atoms with E-state index in [9.17, 15) is 4.79 Å². The van der Waals surface area contributed by atoms with Crippen molar-refractivity contribution in [3.8, 4) is 0 Å². The van der Waals surface area contributed by atoms with Crippen molar-refractivity contribution in [2.45, 2.75) is 51.6 Å². The molecule has 2 unspecified atom stereocenters. The molecule has 0 radical (unpaired) electrons. The highest BCUT2D eigenvalue weighted by molar-refractivity contribution is 5.79. The van der Waals surface area contributed by atoms with Crippen LogP contribution in [-0.4, -0.2) is 42.6 Å². The Balaban J connectivity index is 2.34. The van der Waals surface area contributed by atoms with Crippen molar-refractivity contribution in [3.63, 3.8) is 0 Å². The molecule has 0 aromatic carbocycles. The first-order valence-corrected chi connectivity index (χ1v) is 6.55. The van der Waals surface area contributed by atoms with Gasteiger partial charge < -0.3 is 15.4 Å². The minimum Gasteiger partial charge on any atom is -0.465 e. The summed E-state index contributed by atoms with van der Waals surface area (Å²) in [5, 5.41) is 0. The zero-order valence-corrected chi connectivity index (χ0v) is 11.5. The Morgan fingerprint density at radius 2 is 2.18 bits per heavy atom. The molecule has 4 heteroatoms. The zero-order valence-electron chi connectivity index (χ0n) is 11.5. The summed E-state index contributed by atoms with van der Waals surface area (Å²) in [4.78, 5) is 13.9. The van der Waals surface area contributed by atoms with E-state index >= 15 is 0 Å². The Hall–Kier alpha value is -0.610. The van der Waals surface area contributed by atoms with Crippen LogP contribution in [0, 0.1) is 5.92 Å². The van der Waals surface area contributed by atoms with Crippen molar-refractivity contribution in [3.05, 3.63) is 0 Å². The Morgan fingerprint density at radius 1 is 1.59 bits per heavy atom. The first-order chi connectivity index (χ1) is 7.88.